The van der Waals surface area contributed by atoms with Crippen LogP contribution in [-0.2, 0) is 65.4 Å². The first-order chi connectivity index (χ1) is 51.3. The zero-order chi connectivity index (χ0) is 77.9. The van der Waals surface area contributed by atoms with E-state index in [4.69, 9.17) is 37.0 Å². The minimum absolute atomic E-state index is 0.0842. The summed E-state index contributed by atoms with van der Waals surface area (Å²) in [7, 11) is -9.94. The van der Waals surface area contributed by atoms with Gasteiger partial charge in [-0.05, 0) is 69.1 Å². The maximum Gasteiger partial charge on any atom is 0.472 e. The van der Waals surface area contributed by atoms with Crippen molar-refractivity contribution >= 4 is 39.5 Å². The van der Waals surface area contributed by atoms with E-state index in [0.29, 0.717) is 25.7 Å². The SMILES string of the molecule is CCCCCC/C=C\C=C/CCCCCCCC(=O)O[C@H](COC(=O)CCCCCCCCC(C)CC)COP(=O)(O)OC[C@H](O)COP(=O)(O)OC[C@@H](COC(=O)CCCCCCCCCCCCCCCCCCCCC(C)CC)OC(=O)CCCCCCCCCCCCCCCCCCC(C)C. The zero-order valence-corrected chi connectivity index (χ0v) is 71.2. The van der Waals surface area contributed by atoms with Gasteiger partial charge in [-0.3, -0.25) is 37.3 Å². The summed E-state index contributed by atoms with van der Waals surface area (Å²) in [4.78, 5) is 73.2. The topological polar surface area (TPSA) is 237 Å². The Morgan fingerprint density at radius 3 is 0.840 bits per heavy atom. The van der Waals surface area contributed by atoms with Gasteiger partial charge >= 0.3 is 39.5 Å². The van der Waals surface area contributed by atoms with Crippen molar-refractivity contribution in [3.8, 4) is 0 Å². The summed E-state index contributed by atoms with van der Waals surface area (Å²) in [6.45, 7) is 12.0. The summed E-state index contributed by atoms with van der Waals surface area (Å²) in [5.41, 5.74) is 0. The van der Waals surface area contributed by atoms with E-state index in [9.17, 15) is 43.2 Å². The first-order valence-corrected chi connectivity index (χ1v) is 47.2. The van der Waals surface area contributed by atoms with Crippen molar-refractivity contribution in [1.29, 1.82) is 0 Å². The molecule has 0 aromatic carbocycles. The van der Waals surface area contributed by atoms with Crippen LogP contribution in [0.15, 0.2) is 24.3 Å². The molecule has 4 unspecified atom stereocenters. The van der Waals surface area contributed by atoms with Crippen LogP contribution in [-0.4, -0.2) is 96.7 Å². The number of phosphoric acid groups is 2. The Morgan fingerprint density at radius 1 is 0.311 bits per heavy atom. The molecule has 0 saturated carbocycles. The number of unbranched alkanes of at least 4 members (excludes halogenated alkanes) is 46. The van der Waals surface area contributed by atoms with Crippen molar-refractivity contribution in [2.45, 2.75) is 452 Å². The van der Waals surface area contributed by atoms with Gasteiger partial charge in [-0.15, -0.1) is 0 Å². The fourth-order valence-corrected chi connectivity index (χ4v) is 14.5. The highest BCUT2D eigenvalue weighted by atomic mass is 31.2. The van der Waals surface area contributed by atoms with Gasteiger partial charge in [-0.1, -0.05) is 381 Å². The van der Waals surface area contributed by atoms with E-state index in [1.165, 1.54) is 225 Å². The van der Waals surface area contributed by atoms with Crippen LogP contribution in [0.1, 0.15) is 434 Å². The van der Waals surface area contributed by atoms with Crippen molar-refractivity contribution in [2.24, 2.45) is 17.8 Å². The monoisotopic (exact) mass is 1550 g/mol. The van der Waals surface area contributed by atoms with Gasteiger partial charge in [0.25, 0.3) is 0 Å². The molecule has 0 aromatic rings. The van der Waals surface area contributed by atoms with Gasteiger partial charge in [0.15, 0.2) is 12.2 Å². The molecule has 0 bridgehead atoms. The van der Waals surface area contributed by atoms with E-state index in [-0.39, 0.29) is 25.7 Å². The summed E-state index contributed by atoms with van der Waals surface area (Å²) in [6, 6.07) is 0. The lowest BCUT2D eigenvalue weighted by Crippen LogP contribution is -2.30. The Kier molecular flexibility index (Phi) is 74.7. The van der Waals surface area contributed by atoms with Gasteiger partial charge in [0.05, 0.1) is 26.4 Å². The number of hydrogen-bond donors (Lipinski definition) is 3. The third kappa shape index (κ3) is 76.9. The number of hydrogen-bond acceptors (Lipinski definition) is 15. The molecule has 0 aliphatic rings. The number of allylic oxidation sites excluding steroid dienone is 4. The average molecular weight is 1550 g/mol. The Balaban J connectivity index is 5.25. The Labute approximate surface area is 650 Å². The van der Waals surface area contributed by atoms with Crippen LogP contribution in [0.4, 0.5) is 0 Å². The number of carbonyl (C=O) groups excluding carboxylic acids is 4. The summed E-state index contributed by atoms with van der Waals surface area (Å²) < 4.78 is 68.8. The molecule has 19 heteroatoms. The molecule has 0 radical (unpaired) electrons. The fourth-order valence-electron chi connectivity index (χ4n) is 12.9. The normalized spacial score (nSPS) is 14.5. The molecule has 0 fully saturated rings. The maximum atomic E-state index is 13.1. The van der Waals surface area contributed by atoms with Gasteiger partial charge in [0.2, 0.25) is 0 Å². The lowest BCUT2D eigenvalue weighted by molar-refractivity contribution is -0.161. The smallest absolute Gasteiger partial charge is 0.462 e. The molecule has 0 amide bonds. The van der Waals surface area contributed by atoms with Crippen LogP contribution in [0.5, 0.6) is 0 Å². The number of aliphatic hydroxyl groups excluding tert-OH is 1. The molecule has 0 aliphatic heterocycles. The summed E-state index contributed by atoms with van der Waals surface area (Å²) >= 11 is 0. The van der Waals surface area contributed by atoms with Gasteiger partial charge in [-0.25, -0.2) is 9.13 Å². The molecule has 0 aliphatic carbocycles. The highest BCUT2D eigenvalue weighted by Gasteiger charge is 2.30. The van der Waals surface area contributed by atoms with Crippen LogP contribution in [0.2, 0.25) is 0 Å². The Morgan fingerprint density at radius 2 is 0.557 bits per heavy atom. The predicted molar refractivity (Wildman–Crippen MR) is 437 cm³/mol. The first kappa shape index (κ1) is 104. The second-order valence-electron chi connectivity index (χ2n) is 31.6. The number of rotatable bonds is 83. The zero-order valence-electron chi connectivity index (χ0n) is 69.4. The molecule has 106 heavy (non-hydrogen) atoms. The summed E-state index contributed by atoms with van der Waals surface area (Å²) in [5.74, 6) is 0.272. The average Bonchev–Trinajstić information content (AvgIpc) is 0.901. The van der Waals surface area contributed by atoms with Crippen LogP contribution >= 0.6 is 15.6 Å². The van der Waals surface area contributed by atoms with Crippen molar-refractivity contribution in [2.75, 3.05) is 39.6 Å². The highest BCUT2D eigenvalue weighted by molar-refractivity contribution is 7.47. The van der Waals surface area contributed by atoms with Crippen LogP contribution < -0.4 is 0 Å². The molecule has 0 spiro atoms. The van der Waals surface area contributed by atoms with Crippen LogP contribution in [0.3, 0.4) is 0 Å². The van der Waals surface area contributed by atoms with Crippen molar-refractivity contribution in [3.63, 3.8) is 0 Å². The molecule has 626 valence electrons. The van der Waals surface area contributed by atoms with E-state index in [1.54, 1.807) is 0 Å². The second-order valence-corrected chi connectivity index (χ2v) is 34.5. The van der Waals surface area contributed by atoms with Gasteiger partial charge in [0, 0.05) is 25.7 Å². The van der Waals surface area contributed by atoms with E-state index in [2.05, 4.69) is 72.8 Å². The Bertz CT molecular complexity index is 2140. The molecule has 0 aromatic heterocycles. The number of esters is 4. The third-order valence-corrected chi connectivity index (χ3v) is 22.4. The molecule has 3 N–H and O–H groups in total. The molecule has 0 heterocycles. The molecular formula is C87H166O17P2. The number of aliphatic hydroxyl groups is 1. The molecule has 0 saturated heterocycles. The van der Waals surface area contributed by atoms with Crippen LogP contribution in [0, 0.1) is 17.8 Å². The summed E-state index contributed by atoms with van der Waals surface area (Å²) in [6.07, 6.45) is 70.3. The van der Waals surface area contributed by atoms with Crippen molar-refractivity contribution in [3.05, 3.63) is 24.3 Å². The van der Waals surface area contributed by atoms with E-state index < -0.39 is 97.5 Å². The van der Waals surface area contributed by atoms with Gasteiger partial charge in [0.1, 0.15) is 19.3 Å². The van der Waals surface area contributed by atoms with Gasteiger partial charge in [-0.2, -0.15) is 0 Å². The minimum atomic E-state index is -4.97. The second kappa shape index (κ2) is 76.5. The first-order valence-electron chi connectivity index (χ1n) is 44.2. The van der Waals surface area contributed by atoms with E-state index in [0.717, 1.165) is 127 Å². The molecular weight excluding hydrogens is 1380 g/mol. The largest absolute Gasteiger partial charge is 0.472 e. The number of ether oxygens (including phenoxy) is 4. The molecule has 7 atom stereocenters. The lowest BCUT2D eigenvalue weighted by atomic mass is 9.99. The third-order valence-electron chi connectivity index (χ3n) is 20.5. The minimum Gasteiger partial charge on any atom is -0.462 e. The van der Waals surface area contributed by atoms with E-state index >= 15 is 0 Å². The Hall–Kier alpha value is -2.46. The van der Waals surface area contributed by atoms with Crippen molar-refractivity contribution < 1.29 is 80.2 Å². The quantitative estimate of drug-likeness (QED) is 0.0169. The maximum absolute atomic E-state index is 13.1. The van der Waals surface area contributed by atoms with Crippen molar-refractivity contribution in [1.82, 2.24) is 0 Å². The lowest BCUT2D eigenvalue weighted by Gasteiger charge is -2.21. The number of phosphoric ester groups is 2. The molecule has 0 rings (SSSR count). The van der Waals surface area contributed by atoms with Gasteiger partial charge < -0.3 is 33.8 Å². The molecule has 17 nitrogen and oxygen atoms in total. The highest BCUT2D eigenvalue weighted by Crippen LogP contribution is 2.45. The predicted octanol–water partition coefficient (Wildman–Crippen LogP) is 26.0. The summed E-state index contributed by atoms with van der Waals surface area (Å²) in [5, 5.41) is 10.7. The fraction of sp³-hybridized carbons (Fsp3) is 0.908. The van der Waals surface area contributed by atoms with Crippen LogP contribution in [0.25, 0.3) is 0 Å². The number of carbonyl (C=O) groups is 4. The van der Waals surface area contributed by atoms with E-state index in [1.807, 2.05) is 0 Å². The standard InChI is InChI=1S/C87H166O17P2/c1-8-11-12-13-14-15-16-17-24-32-37-42-47-56-63-71-87(92)104-83(75-98-85(90)69-62-55-50-49-53-60-67-80(7)10-3)77-102-106(95,96)100-73-81(88)72-99-105(93,94)101-76-82(103-86(91)70-64-57-48-43-38-33-28-23-22-25-29-34-39-44-51-58-65-78(4)5)74-97-84(89)68-61-54-46-41-36-31-27-21-19-18-20-26-30-35-40-45-52-59-66-79(6)9-2/h15-17,24,78-83,88H,8-14,18-23,25-77H2,1-7H3,(H,93,94)(H,95,96)/b16-15-,24-17-/t79?,80?,81-,82-,83-/m1/s1.